The van der Waals surface area contributed by atoms with Gasteiger partial charge in [-0.3, -0.25) is 9.69 Å². The van der Waals surface area contributed by atoms with Gasteiger partial charge in [0.2, 0.25) is 11.9 Å². The van der Waals surface area contributed by atoms with Crippen LogP contribution < -0.4 is 4.90 Å². The largest absolute Gasteiger partial charge is 0.274 e. The van der Waals surface area contributed by atoms with Crippen LogP contribution >= 0.6 is 23.2 Å². The summed E-state index contributed by atoms with van der Waals surface area (Å²) in [6, 6.07) is 15.0. The third kappa shape index (κ3) is 3.22. The Morgan fingerprint density at radius 2 is 1.85 bits per heavy atom. The number of carbonyl (C=O) groups is 1. The molecule has 0 bridgehead atoms. The number of fused-ring (bicyclic) bond motifs is 1. The lowest BCUT2D eigenvalue weighted by Gasteiger charge is -2.39. The highest BCUT2D eigenvalue weighted by Crippen LogP contribution is 2.43. The van der Waals surface area contributed by atoms with Crippen molar-refractivity contribution in [3.8, 4) is 0 Å². The molecule has 1 aromatic heterocycles. The van der Waals surface area contributed by atoms with Crippen molar-refractivity contribution in [1.29, 1.82) is 0 Å². The fourth-order valence-electron chi connectivity index (χ4n) is 3.62. The molecule has 0 saturated heterocycles. The molecule has 0 unspecified atom stereocenters. The number of carbonyl (C=O) groups excluding carboxylic acids is 1. The maximum absolute atomic E-state index is 12.8. The van der Waals surface area contributed by atoms with Gasteiger partial charge in [-0.15, -0.1) is 0 Å². The minimum absolute atomic E-state index is 0.00167. The van der Waals surface area contributed by atoms with Gasteiger partial charge in [0, 0.05) is 16.5 Å². The molecular weight excluding hydrogens is 383 g/mol. The molecule has 4 rings (SSSR count). The first-order chi connectivity index (χ1) is 13.1. The lowest BCUT2D eigenvalue weighted by molar-refractivity contribution is -0.119. The van der Waals surface area contributed by atoms with E-state index in [0.29, 0.717) is 28.8 Å². The zero-order valence-corrected chi connectivity index (χ0v) is 16.2. The highest BCUT2D eigenvalue weighted by Gasteiger charge is 2.39. The molecule has 1 amide bonds. The molecule has 1 aliphatic heterocycles. The van der Waals surface area contributed by atoms with E-state index in [4.69, 9.17) is 23.2 Å². The van der Waals surface area contributed by atoms with E-state index in [0.717, 1.165) is 11.1 Å². The fraction of sp³-hybridized carbons (Fsp3) is 0.250. The Morgan fingerprint density at radius 3 is 2.56 bits per heavy atom. The van der Waals surface area contributed by atoms with E-state index in [1.54, 1.807) is 9.58 Å². The molecule has 0 N–H and O–H groups in total. The van der Waals surface area contributed by atoms with Gasteiger partial charge >= 0.3 is 0 Å². The average molecular weight is 401 g/mol. The molecule has 0 spiro atoms. The number of rotatable bonds is 3. The summed E-state index contributed by atoms with van der Waals surface area (Å²) in [6.07, 6.45) is 2.51. The number of anilines is 1. The second-order valence-electron chi connectivity index (χ2n) is 6.46. The molecule has 3 aromatic rings. The van der Waals surface area contributed by atoms with Crippen LogP contribution in [-0.2, 0) is 4.79 Å². The number of halogens is 2. The Labute approximate surface area is 167 Å². The van der Waals surface area contributed by atoms with Crippen molar-refractivity contribution < 1.29 is 4.79 Å². The monoisotopic (exact) mass is 400 g/mol. The van der Waals surface area contributed by atoms with E-state index in [-0.39, 0.29) is 18.0 Å². The summed E-state index contributed by atoms with van der Waals surface area (Å²) >= 11 is 12.5. The normalized spacial score (nSPS) is 19.0. The molecule has 5 nitrogen and oxygen atoms in total. The highest BCUT2D eigenvalue weighted by atomic mass is 35.5. The van der Waals surface area contributed by atoms with Crippen molar-refractivity contribution in [3.63, 3.8) is 0 Å². The molecule has 7 heteroatoms. The molecule has 0 saturated carbocycles. The molecule has 2 heterocycles. The standard InChI is InChI=1S/C20H18Cl2N4O/c1-2-19(27)25-17(13-7-9-14(21)10-8-13)11-18(26-20(25)23-12-24-26)15-5-3-4-6-16(15)22/h3-10,12,17-18H,2,11H2,1H3/t17-,18+/m0/s1. The first-order valence-electron chi connectivity index (χ1n) is 8.81. The van der Waals surface area contributed by atoms with E-state index in [1.807, 2.05) is 55.5 Å². The average Bonchev–Trinajstić information content (AvgIpc) is 3.17. The predicted molar refractivity (Wildman–Crippen MR) is 106 cm³/mol. The van der Waals surface area contributed by atoms with Crippen LogP contribution in [0.5, 0.6) is 0 Å². The molecular formula is C20H18Cl2N4O. The van der Waals surface area contributed by atoms with Gasteiger partial charge in [-0.05, 0) is 35.7 Å². The lowest BCUT2D eigenvalue weighted by Crippen LogP contribution is -2.42. The number of amides is 1. The Bertz CT molecular complexity index is 970. The first-order valence-corrected chi connectivity index (χ1v) is 9.57. The van der Waals surface area contributed by atoms with Gasteiger partial charge in [0.15, 0.2) is 0 Å². The minimum Gasteiger partial charge on any atom is -0.274 e. The van der Waals surface area contributed by atoms with Gasteiger partial charge in [0.25, 0.3) is 0 Å². The van der Waals surface area contributed by atoms with Crippen molar-refractivity contribution in [2.75, 3.05) is 4.90 Å². The molecule has 1 aliphatic rings. The summed E-state index contributed by atoms with van der Waals surface area (Å²) in [5.74, 6) is 0.541. The summed E-state index contributed by atoms with van der Waals surface area (Å²) in [5, 5.41) is 5.73. The third-order valence-electron chi connectivity index (χ3n) is 4.91. The predicted octanol–water partition coefficient (Wildman–Crippen LogP) is 5.06. The molecule has 2 atom stereocenters. The van der Waals surface area contributed by atoms with Gasteiger partial charge in [-0.25, -0.2) is 4.68 Å². The minimum atomic E-state index is -0.173. The van der Waals surface area contributed by atoms with E-state index in [9.17, 15) is 4.79 Å². The van der Waals surface area contributed by atoms with E-state index in [2.05, 4.69) is 10.1 Å². The summed E-state index contributed by atoms with van der Waals surface area (Å²) in [6.45, 7) is 1.85. The van der Waals surface area contributed by atoms with Crippen LogP contribution in [-0.4, -0.2) is 20.7 Å². The van der Waals surface area contributed by atoms with Crippen LogP contribution in [0.15, 0.2) is 54.9 Å². The zero-order valence-electron chi connectivity index (χ0n) is 14.7. The summed E-state index contributed by atoms with van der Waals surface area (Å²) < 4.78 is 1.79. The Morgan fingerprint density at radius 1 is 1.11 bits per heavy atom. The number of nitrogens with zero attached hydrogens (tertiary/aromatic N) is 4. The number of aromatic nitrogens is 3. The van der Waals surface area contributed by atoms with Crippen LogP contribution in [0.25, 0.3) is 0 Å². The number of hydrogen-bond donors (Lipinski definition) is 0. The maximum atomic E-state index is 12.8. The molecule has 27 heavy (non-hydrogen) atoms. The van der Waals surface area contributed by atoms with Crippen LogP contribution in [0, 0.1) is 0 Å². The molecule has 0 aliphatic carbocycles. The van der Waals surface area contributed by atoms with Crippen molar-refractivity contribution in [2.24, 2.45) is 0 Å². The van der Waals surface area contributed by atoms with Crippen molar-refractivity contribution in [1.82, 2.24) is 14.8 Å². The molecule has 0 radical (unpaired) electrons. The number of benzene rings is 2. The molecule has 138 valence electrons. The van der Waals surface area contributed by atoms with Crippen LogP contribution in [0.3, 0.4) is 0 Å². The Balaban J connectivity index is 1.86. The Hall–Kier alpha value is -2.37. The smallest absolute Gasteiger partial charge is 0.231 e. The van der Waals surface area contributed by atoms with Crippen molar-refractivity contribution >= 4 is 35.1 Å². The lowest BCUT2D eigenvalue weighted by atomic mass is 9.91. The maximum Gasteiger partial charge on any atom is 0.231 e. The van der Waals surface area contributed by atoms with E-state index < -0.39 is 0 Å². The zero-order chi connectivity index (χ0) is 19.0. The second kappa shape index (κ2) is 7.33. The van der Waals surface area contributed by atoms with Gasteiger partial charge < -0.3 is 0 Å². The summed E-state index contributed by atoms with van der Waals surface area (Å²) in [4.78, 5) is 18.9. The second-order valence-corrected chi connectivity index (χ2v) is 7.31. The van der Waals surface area contributed by atoms with E-state index in [1.165, 1.54) is 6.33 Å². The molecule has 2 aromatic carbocycles. The van der Waals surface area contributed by atoms with Crippen molar-refractivity contribution in [3.05, 3.63) is 76.0 Å². The topological polar surface area (TPSA) is 51.0 Å². The van der Waals surface area contributed by atoms with Crippen LogP contribution in [0.2, 0.25) is 10.0 Å². The Kier molecular flexibility index (Phi) is 4.89. The summed E-state index contributed by atoms with van der Waals surface area (Å²) in [5.41, 5.74) is 1.97. The SMILES string of the molecule is CCC(=O)N1c2ncnn2[C@@H](c2ccccc2Cl)C[C@H]1c1ccc(Cl)cc1. The highest BCUT2D eigenvalue weighted by molar-refractivity contribution is 6.31. The van der Waals surface area contributed by atoms with Gasteiger partial charge in [-0.2, -0.15) is 10.1 Å². The number of hydrogen-bond acceptors (Lipinski definition) is 3. The third-order valence-corrected chi connectivity index (χ3v) is 5.51. The van der Waals surface area contributed by atoms with Crippen molar-refractivity contribution in [2.45, 2.75) is 31.8 Å². The van der Waals surface area contributed by atoms with E-state index >= 15 is 0 Å². The van der Waals surface area contributed by atoms with Gasteiger partial charge in [0.05, 0.1) is 12.1 Å². The van der Waals surface area contributed by atoms with Gasteiger partial charge in [-0.1, -0.05) is 60.5 Å². The fourth-order valence-corrected chi connectivity index (χ4v) is 4.01. The summed E-state index contributed by atoms with van der Waals surface area (Å²) in [7, 11) is 0. The molecule has 0 fully saturated rings. The van der Waals surface area contributed by atoms with Crippen LogP contribution in [0.1, 0.15) is 43.0 Å². The quantitative estimate of drug-likeness (QED) is 0.616. The first kappa shape index (κ1) is 18.0. The van der Waals surface area contributed by atoms with Gasteiger partial charge in [0.1, 0.15) is 6.33 Å². The van der Waals surface area contributed by atoms with Crippen LogP contribution in [0.4, 0.5) is 5.95 Å².